The van der Waals surface area contributed by atoms with Crippen LogP contribution >= 0.6 is 11.3 Å². The highest BCUT2D eigenvalue weighted by molar-refractivity contribution is 7.13. The molecule has 0 aliphatic heterocycles. The summed E-state index contributed by atoms with van der Waals surface area (Å²) in [4.78, 5) is 31.6. The first-order valence-corrected chi connectivity index (χ1v) is 10.0. The van der Waals surface area contributed by atoms with Gasteiger partial charge < -0.3 is 10.3 Å². The fourth-order valence-corrected chi connectivity index (χ4v) is 3.96. The summed E-state index contributed by atoms with van der Waals surface area (Å²) in [5.74, 6) is -0.0397. The topological polar surface area (TPSA) is 79.8 Å². The molecule has 2 heterocycles. The van der Waals surface area contributed by atoms with Crippen LogP contribution < -0.4 is 11.0 Å². The Labute approximate surface area is 165 Å². The lowest BCUT2D eigenvalue weighted by Gasteiger charge is -2.06. The number of benzene rings is 2. The van der Waals surface area contributed by atoms with Crippen LogP contribution in [0.4, 0.5) is 0 Å². The average molecular weight is 392 g/mol. The third-order valence-electron chi connectivity index (χ3n) is 4.52. The van der Waals surface area contributed by atoms with Gasteiger partial charge >= 0.3 is 5.69 Å². The fraction of sp³-hybridized carbons (Fsp3) is 0.190. The van der Waals surface area contributed by atoms with Crippen LogP contribution in [0.25, 0.3) is 21.6 Å². The highest BCUT2D eigenvalue weighted by Crippen LogP contribution is 2.23. The minimum Gasteiger partial charge on any atom is -0.354 e. The summed E-state index contributed by atoms with van der Waals surface area (Å²) in [6.07, 6.45) is 0.975. The molecule has 1 amide bonds. The van der Waals surface area contributed by atoms with Crippen molar-refractivity contribution in [2.45, 2.75) is 19.4 Å². The fourth-order valence-electron chi connectivity index (χ4n) is 3.10. The Morgan fingerprint density at radius 1 is 1.11 bits per heavy atom. The first-order chi connectivity index (χ1) is 13.7. The van der Waals surface area contributed by atoms with Gasteiger partial charge in [-0.25, -0.2) is 9.78 Å². The van der Waals surface area contributed by atoms with Crippen LogP contribution in [-0.2, 0) is 17.8 Å². The van der Waals surface area contributed by atoms with E-state index >= 15 is 0 Å². The number of aromatic nitrogens is 3. The van der Waals surface area contributed by atoms with Crippen LogP contribution in [-0.4, -0.2) is 27.0 Å². The molecule has 7 heteroatoms. The van der Waals surface area contributed by atoms with Gasteiger partial charge in [0.05, 0.1) is 16.7 Å². The van der Waals surface area contributed by atoms with Gasteiger partial charge in [0.1, 0.15) is 5.01 Å². The summed E-state index contributed by atoms with van der Waals surface area (Å²) in [6.45, 7) is 0.844. The van der Waals surface area contributed by atoms with Crippen molar-refractivity contribution < 1.29 is 4.79 Å². The number of fused-ring (bicyclic) bond motifs is 1. The van der Waals surface area contributed by atoms with Crippen molar-refractivity contribution in [2.24, 2.45) is 0 Å². The van der Waals surface area contributed by atoms with Crippen molar-refractivity contribution in [3.05, 3.63) is 76.2 Å². The Morgan fingerprint density at radius 3 is 2.75 bits per heavy atom. The number of carbonyl (C=O) groups is 1. The summed E-state index contributed by atoms with van der Waals surface area (Å²) < 4.78 is 1.64. The molecule has 4 rings (SSSR count). The highest BCUT2D eigenvalue weighted by Gasteiger charge is 2.09. The van der Waals surface area contributed by atoms with Crippen LogP contribution in [0.15, 0.2) is 64.8 Å². The van der Waals surface area contributed by atoms with Gasteiger partial charge in [-0.15, -0.1) is 11.3 Å². The number of thiazole rings is 1. The monoisotopic (exact) mass is 392 g/mol. The number of hydrogen-bond donors (Lipinski definition) is 2. The maximum atomic E-state index is 12.1. The molecule has 28 heavy (non-hydrogen) atoms. The standard InChI is InChI=1S/C21H20N4O2S/c26-19(11-10-16-14-28-20(23-16)15-6-2-1-3-7-15)22-12-13-25-18-9-5-4-8-17(18)24-21(25)27/h1-9,14H,10-13H2,(H,22,26)(H,24,27). The van der Waals surface area contributed by atoms with E-state index in [-0.39, 0.29) is 11.6 Å². The smallest absolute Gasteiger partial charge is 0.326 e. The number of aryl methyl sites for hydroxylation is 1. The lowest BCUT2D eigenvalue weighted by Crippen LogP contribution is -2.30. The third-order valence-corrected chi connectivity index (χ3v) is 5.46. The van der Waals surface area contributed by atoms with E-state index in [2.05, 4.69) is 15.3 Å². The number of imidazole rings is 1. The number of H-pyrrole nitrogens is 1. The first-order valence-electron chi connectivity index (χ1n) is 9.15. The zero-order valence-electron chi connectivity index (χ0n) is 15.2. The first kappa shape index (κ1) is 18.2. The molecule has 2 aromatic heterocycles. The van der Waals surface area contributed by atoms with Gasteiger partial charge in [-0.1, -0.05) is 42.5 Å². The number of nitrogens with zero attached hydrogens (tertiary/aromatic N) is 2. The second kappa shape index (κ2) is 8.22. The van der Waals surface area contributed by atoms with E-state index in [1.807, 2.05) is 60.0 Å². The van der Waals surface area contributed by atoms with Crippen LogP contribution in [0.3, 0.4) is 0 Å². The molecule has 0 fully saturated rings. The molecule has 0 atom stereocenters. The Bertz CT molecular complexity index is 1140. The zero-order chi connectivity index (χ0) is 19.3. The van der Waals surface area contributed by atoms with E-state index in [0.717, 1.165) is 27.3 Å². The zero-order valence-corrected chi connectivity index (χ0v) is 16.0. The molecule has 0 aliphatic carbocycles. The lowest BCUT2D eigenvalue weighted by molar-refractivity contribution is -0.121. The normalized spacial score (nSPS) is 11.0. The van der Waals surface area contributed by atoms with E-state index < -0.39 is 0 Å². The van der Waals surface area contributed by atoms with Crippen molar-refractivity contribution in [1.29, 1.82) is 0 Å². The van der Waals surface area contributed by atoms with Crippen molar-refractivity contribution in [1.82, 2.24) is 19.9 Å². The molecular weight excluding hydrogens is 372 g/mol. The van der Waals surface area contributed by atoms with Gasteiger partial charge in [0, 0.05) is 30.5 Å². The van der Waals surface area contributed by atoms with E-state index in [0.29, 0.717) is 25.9 Å². The minimum atomic E-state index is -0.161. The number of aromatic amines is 1. The highest BCUT2D eigenvalue weighted by atomic mass is 32.1. The maximum Gasteiger partial charge on any atom is 0.326 e. The molecule has 0 spiro atoms. The van der Waals surface area contributed by atoms with E-state index in [9.17, 15) is 9.59 Å². The summed E-state index contributed by atoms with van der Waals surface area (Å²) in [5.41, 5.74) is 3.50. The molecule has 4 aromatic rings. The molecule has 0 unspecified atom stereocenters. The Morgan fingerprint density at radius 2 is 1.89 bits per heavy atom. The summed E-state index contributed by atoms with van der Waals surface area (Å²) in [6, 6.07) is 17.5. The lowest BCUT2D eigenvalue weighted by atomic mass is 10.2. The van der Waals surface area contributed by atoms with Crippen LogP contribution in [0.2, 0.25) is 0 Å². The second-order valence-electron chi connectivity index (χ2n) is 6.46. The molecule has 0 saturated carbocycles. The molecule has 2 aromatic carbocycles. The quantitative estimate of drug-likeness (QED) is 0.507. The Balaban J connectivity index is 1.28. The molecule has 0 aliphatic rings. The Kier molecular flexibility index (Phi) is 5.34. The molecule has 142 valence electrons. The van der Waals surface area contributed by atoms with Crippen LogP contribution in [0.5, 0.6) is 0 Å². The molecule has 0 bridgehead atoms. The summed E-state index contributed by atoms with van der Waals surface area (Å²) in [5, 5.41) is 5.85. The third kappa shape index (κ3) is 4.04. The molecule has 6 nitrogen and oxygen atoms in total. The molecular formula is C21H20N4O2S. The number of amides is 1. The van der Waals surface area contributed by atoms with E-state index in [1.165, 1.54) is 0 Å². The number of hydrogen-bond acceptors (Lipinski definition) is 4. The van der Waals surface area contributed by atoms with Crippen molar-refractivity contribution in [3.8, 4) is 10.6 Å². The largest absolute Gasteiger partial charge is 0.354 e. The summed E-state index contributed by atoms with van der Waals surface area (Å²) >= 11 is 1.59. The van der Waals surface area contributed by atoms with Gasteiger partial charge in [-0.3, -0.25) is 9.36 Å². The van der Waals surface area contributed by atoms with Gasteiger partial charge in [0.2, 0.25) is 5.91 Å². The predicted molar refractivity (Wildman–Crippen MR) is 111 cm³/mol. The van der Waals surface area contributed by atoms with Gasteiger partial charge in [0.15, 0.2) is 0 Å². The molecule has 2 N–H and O–H groups in total. The van der Waals surface area contributed by atoms with Crippen molar-refractivity contribution in [3.63, 3.8) is 0 Å². The number of rotatable bonds is 7. The second-order valence-corrected chi connectivity index (χ2v) is 7.32. The maximum absolute atomic E-state index is 12.1. The minimum absolute atomic E-state index is 0.0397. The van der Waals surface area contributed by atoms with E-state index in [4.69, 9.17) is 0 Å². The van der Waals surface area contributed by atoms with Gasteiger partial charge in [0.25, 0.3) is 0 Å². The van der Waals surface area contributed by atoms with Gasteiger partial charge in [-0.05, 0) is 18.6 Å². The molecule has 0 saturated heterocycles. The SMILES string of the molecule is O=C(CCc1csc(-c2ccccc2)n1)NCCn1c(=O)[nH]c2ccccc21. The van der Waals surface area contributed by atoms with Crippen molar-refractivity contribution >= 4 is 28.3 Å². The van der Waals surface area contributed by atoms with Gasteiger partial charge in [-0.2, -0.15) is 0 Å². The van der Waals surface area contributed by atoms with Crippen molar-refractivity contribution in [2.75, 3.05) is 6.54 Å². The predicted octanol–water partition coefficient (Wildman–Crippen LogP) is 3.20. The number of carbonyl (C=O) groups excluding carboxylic acids is 1. The number of para-hydroxylation sites is 2. The van der Waals surface area contributed by atoms with Crippen LogP contribution in [0, 0.1) is 0 Å². The summed E-state index contributed by atoms with van der Waals surface area (Å²) in [7, 11) is 0. The molecule has 0 radical (unpaired) electrons. The van der Waals surface area contributed by atoms with E-state index in [1.54, 1.807) is 15.9 Å². The van der Waals surface area contributed by atoms with Crippen LogP contribution in [0.1, 0.15) is 12.1 Å². The number of nitrogens with one attached hydrogen (secondary N) is 2. The average Bonchev–Trinajstić information content (AvgIpc) is 3.32. The Hall–Kier alpha value is -3.19.